The van der Waals surface area contributed by atoms with E-state index in [1.165, 1.54) is 0 Å². The van der Waals surface area contributed by atoms with E-state index in [1.807, 2.05) is 6.92 Å². The molecule has 0 saturated heterocycles. The van der Waals surface area contributed by atoms with Crippen LogP contribution in [0.4, 0.5) is 0 Å². The Morgan fingerprint density at radius 1 is 1.65 bits per heavy atom. The Bertz CT molecular complexity index is 281. The van der Waals surface area contributed by atoms with Crippen molar-refractivity contribution in [2.24, 2.45) is 5.73 Å². The average molecular weight is 276 g/mol. The number of hydrogen-bond donors (Lipinski definition) is 2. The van der Waals surface area contributed by atoms with Crippen LogP contribution in [0.15, 0.2) is 0 Å². The second-order valence-corrected chi connectivity index (χ2v) is 5.75. The van der Waals surface area contributed by atoms with E-state index in [0.717, 1.165) is 5.75 Å². The second-order valence-electron chi connectivity index (χ2n) is 3.13. The van der Waals surface area contributed by atoms with Gasteiger partial charge in [0.25, 0.3) is 6.47 Å². The topological polar surface area (TPSA) is 81.4 Å². The Morgan fingerprint density at radius 2 is 2.35 bits per heavy atom. The summed E-state index contributed by atoms with van der Waals surface area (Å²) in [7, 11) is 3.16. The van der Waals surface area contributed by atoms with Crippen LogP contribution in [0.2, 0.25) is 0 Å². The Morgan fingerprint density at radius 3 is 2.94 bits per heavy atom. The number of nitrogens with one attached hydrogen (secondary N) is 1. The quantitative estimate of drug-likeness (QED) is 0.267. The van der Waals surface area contributed by atoms with Gasteiger partial charge in [0.2, 0.25) is 5.91 Å². The molecule has 0 aromatic carbocycles. The SMILES string of the molecule is C#C[C@H](N)C(=O)N[C@H](C)CSSCCOC=O. The van der Waals surface area contributed by atoms with Crippen LogP contribution in [0.25, 0.3) is 0 Å². The van der Waals surface area contributed by atoms with Crippen molar-refractivity contribution < 1.29 is 14.3 Å². The third kappa shape index (κ3) is 8.92. The molecule has 0 aliphatic rings. The van der Waals surface area contributed by atoms with Crippen molar-refractivity contribution in [3.05, 3.63) is 0 Å². The molecule has 0 spiro atoms. The number of hydrogen-bond acceptors (Lipinski definition) is 6. The van der Waals surface area contributed by atoms with Crippen LogP contribution in [0.1, 0.15) is 6.92 Å². The van der Waals surface area contributed by atoms with Crippen molar-refractivity contribution in [3.8, 4) is 12.3 Å². The zero-order valence-corrected chi connectivity index (χ0v) is 11.2. The molecule has 0 aliphatic heterocycles. The van der Waals surface area contributed by atoms with Gasteiger partial charge in [0.1, 0.15) is 12.6 Å². The monoisotopic (exact) mass is 276 g/mol. The molecule has 0 saturated carbocycles. The van der Waals surface area contributed by atoms with E-state index in [9.17, 15) is 9.59 Å². The lowest BCUT2D eigenvalue weighted by atomic mass is 10.3. The van der Waals surface area contributed by atoms with Crippen molar-refractivity contribution >= 4 is 34.0 Å². The molecule has 0 unspecified atom stereocenters. The lowest BCUT2D eigenvalue weighted by molar-refractivity contribution is -0.128. The molecular weight excluding hydrogens is 260 g/mol. The number of rotatable bonds is 9. The van der Waals surface area contributed by atoms with Crippen LogP contribution in [-0.4, -0.2) is 42.6 Å². The summed E-state index contributed by atoms with van der Waals surface area (Å²) in [4.78, 5) is 21.2. The fraction of sp³-hybridized carbons (Fsp3) is 0.600. The van der Waals surface area contributed by atoms with Crippen LogP contribution < -0.4 is 11.1 Å². The van der Waals surface area contributed by atoms with Gasteiger partial charge in [0.05, 0.1) is 0 Å². The van der Waals surface area contributed by atoms with Crippen molar-refractivity contribution in [1.82, 2.24) is 5.32 Å². The van der Waals surface area contributed by atoms with Crippen LogP contribution in [0.5, 0.6) is 0 Å². The van der Waals surface area contributed by atoms with Gasteiger partial charge in [-0.15, -0.1) is 6.42 Å². The lowest BCUT2D eigenvalue weighted by Gasteiger charge is -2.14. The molecule has 7 heteroatoms. The maximum Gasteiger partial charge on any atom is 0.293 e. The summed E-state index contributed by atoms with van der Waals surface area (Å²) in [6.45, 7) is 2.69. The minimum absolute atomic E-state index is 0.00797. The van der Waals surface area contributed by atoms with E-state index in [2.05, 4.69) is 16.0 Å². The van der Waals surface area contributed by atoms with Gasteiger partial charge in [0.15, 0.2) is 0 Å². The van der Waals surface area contributed by atoms with Gasteiger partial charge in [-0.1, -0.05) is 27.5 Å². The minimum atomic E-state index is -0.893. The second kappa shape index (κ2) is 10.3. The number of carbonyl (C=O) groups is 2. The molecule has 3 N–H and O–H groups in total. The largest absolute Gasteiger partial charge is 0.467 e. The summed E-state index contributed by atoms with van der Waals surface area (Å²) in [5, 5.41) is 2.70. The zero-order valence-electron chi connectivity index (χ0n) is 9.55. The molecule has 0 aliphatic carbocycles. The number of carbonyl (C=O) groups excluding carboxylic acids is 2. The standard InChI is InChI=1S/C10H16N2O3S2/c1-3-9(11)10(14)12-8(2)6-17-16-5-4-15-7-13/h1,7-9H,4-6,11H2,2H3,(H,12,14)/t8-,9+/m1/s1. The van der Waals surface area contributed by atoms with Gasteiger partial charge in [0, 0.05) is 17.5 Å². The Hall–Kier alpha value is -0.840. The third-order valence-electron chi connectivity index (χ3n) is 1.60. The molecule has 0 aromatic heterocycles. The maximum atomic E-state index is 11.3. The number of terminal acetylenes is 1. The highest BCUT2D eigenvalue weighted by Gasteiger charge is 2.12. The van der Waals surface area contributed by atoms with Crippen molar-refractivity contribution in [2.75, 3.05) is 18.1 Å². The number of nitrogens with two attached hydrogens (primary N) is 1. The van der Waals surface area contributed by atoms with Crippen LogP contribution in [-0.2, 0) is 14.3 Å². The van der Waals surface area contributed by atoms with Gasteiger partial charge in [-0.2, -0.15) is 0 Å². The third-order valence-corrected chi connectivity index (χ3v) is 4.15. The van der Waals surface area contributed by atoms with E-state index in [0.29, 0.717) is 18.8 Å². The molecule has 0 heterocycles. The predicted molar refractivity (Wildman–Crippen MR) is 71.3 cm³/mol. The van der Waals surface area contributed by atoms with Crippen LogP contribution in [0, 0.1) is 12.3 Å². The summed E-state index contributed by atoms with van der Waals surface area (Å²) < 4.78 is 4.53. The van der Waals surface area contributed by atoms with Gasteiger partial charge >= 0.3 is 0 Å². The van der Waals surface area contributed by atoms with Crippen molar-refractivity contribution in [3.63, 3.8) is 0 Å². The molecule has 5 nitrogen and oxygen atoms in total. The van der Waals surface area contributed by atoms with Gasteiger partial charge < -0.3 is 15.8 Å². The number of ether oxygens (including phenoxy) is 1. The highest BCUT2D eigenvalue weighted by Crippen LogP contribution is 2.21. The van der Waals surface area contributed by atoms with Gasteiger partial charge in [-0.05, 0) is 6.92 Å². The Kier molecular flexibility index (Phi) is 9.81. The molecule has 0 fully saturated rings. The molecule has 0 rings (SSSR count). The van der Waals surface area contributed by atoms with Crippen LogP contribution >= 0.6 is 21.6 Å². The van der Waals surface area contributed by atoms with Gasteiger partial charge in [-0.3, -0.25) is 9.59 Å². The van der Waals surface area contributed by atoms with Gasteiger partial charge in [-0.25, -0.2) is 0 Å². The van der Waals surface area contributed by atoms with E-state index in [1.54, 1.807) is 21.6 Å². The average Bonchev–Trinajstić information content (AvgIpc) is 2.32. The smallest absolute Gasteiger partial charge is 0.293 e. The van der Waals surface area contributed by atoms with Crippen LogP contribution in [0.3, 0.4) is 0 Å². The summed E-state index contributed by atoms with van der Waals surface area (Å²) in [6, 6.07) is -0.900. The highest BCUT2D eigenvalue weighted by atomic mass is 33.1. The first kappa shape index (κ1) is 16.2. The zero-order chi connectivity index (χ0) is 13.1. The first-order chi connectivity index (χ1) is 8.11. The first-order valence-electron chi connectivity index (χ1n) is 4.93. The molecule has 96 valence electrons. The fourth-order valence-electron chi connectivity index (χ4n) is 0.789. The number of amides is 1. The fourth-order valence-corrected chi connectivity index (χ4v) is 2.91. The lowest BCUT2D eigenvalue weighted by Crippen LogP contribution is -2.44. The summed E-state index contributed by atoms with van der Waals surface area (Å²) >= 11 is 0. The van der Waals surface area contributed by atoms with Crippen molar-refractivity contribution in [1.29, 1.82) is 0 Å². The molecule has 0 radical (unpaired) electrons. The van der Waals surface area contributed by atoms with E-state index >= 15 is 0 Å². The minimum Gasteiger partial charge on any atom is -0.467 e. The molecule has 17 heavy (non-hydrogen) atoms. The first-order valence-corrected chi connectivity index (χ1v) is 7.42. The predicted octanol–water partition coefficient (Wildman–Crippen LogP) is 0.00600. The van der Waals surface area contributed by atoms with E-state index in [4.69, 9.17) is 12.2 Å². The molecule has 0 aromatic rings. The van der Waals surface area contributed by atoms with E-state index < -0.39 is 6.04 Å². The molecule has 1 amide bonds. The van der Waals surface area contributed by atoms with Crippen molar-refractivity contribution in [2.45, 2.75) is 19.0 Å². The Balaban J connectivity index is 3.53. The summed E-state index contributed by atoms with van der Waals surface area (Å²) in [5.74, 6) is 3.27. The summed E-state index contributed by atoms with van der Waals surface area (Å²) in [6.07, 6.45) is 5.03. The highest BCUT2D eigenvalue weighted by molar-refractivity contribution is 8.76. The maximum absolute atomic E-state index is 11.3. The normalized spacial score (nSPS) is 13.2. The van der Waals surface area contributed by atoms with E-state index in [-0.39, 0.29) is 11.9 Å². The summed E-state index contributed by atoms with van der Waals surface area (Å²) in [5.41, 5.74) is 5.36. The Labute approximate surface area is 109 Å². The molecule has 0 bridgehead atoms. The molecular formula is C10H16N2O3S2. The molecule has 2 atom stereocenters.